The highest BCUT2D eigenvalue weighted by atomic mass is 31.2. The maximum Gasteiger partial charge on any atom is 0.472 e. The van der Waals surface area contributed by atoms with Crippen LogP contribution in [0.1, 0.15) is 344 Å². The van der Waals surface area contributed by atoms with Gasteiger partial charge in [-0.2, -0.15) is 0 Å². The van der Waals surface area contributed by atoms with Gasteiger partial charge in [0.1, 0.15) is 19.3 Å². The maximum atomic E-state index is 13.0. The van der Waals surface area contributed by atoms with Crippen molar-refractivity contribution in [2.75, 3.05) is 39.6 Å². The van der Waals surface area contributed by atoms with Crippen LogP contribution in [0.25, 0.3) is 0 Å². The molecule has 17 nitrogen and oxygen atoms in total. The molecule has 0 aliphatic carbocycles. The molecule has 0 aliphatic rings. The second-order valence-corrected chi connectivity index (χ2v) is 29.8. The first-order chi connectivity index (χ1) is 42.6. The number of carbonyl (C=O) groups is 4. The van der Waals surface area contributed by atoms with Gasteiger partial charge in [0, 0.05) is 25.7 Å². The molecule has 0 rings (SSSR count). The van der Waals surface area contributed by atoms with Crippen LogP contribution >= 0.6 is 15.6 Å². The molecule has 0 fully saturated rings. The summed E-state index contributed by atoms with van der Waals surface area (Å²) in [6.45, 7) is 14.1. The van der Waals surface area contributed by atoms with E-state index in [4.69, 9.17) is 37.0 Å². The summed E-state index contributed by atoms with van der Waals surface area (Å²) in [7, 11) is -9.90. The first-order valence-electron chi connectivity index (χ1n) is 36.2. The minimum Gasteiger partial charge on any atom is -0.462 e. The summed E-state index contributed by atoms with van der Waals surface area (Å²) in [6, 6.07) is 0. The molecule has 6 atom stereocenters. The summed E-state index contributed by atoms with van der Waals surface area (Å²) in [5, 5.41) is 10.6. The predicted octanol–water partition coefficient (Wildman–Crippen LogP) is 19.7. The molecule has 0 aromatic rings. The van der Waals surface area contributed by atoms with Gasteiger partial charge in [-0.15, -0.1) is 0 Å². The van der Waals surface area contributed by atoms with Gasteiger partial charge in [-0.1, -0.05) is 293 Å². The number of aliphatic hydroxyl groups is 1. The van der Waals surface area contributed by atoms with E-state index in [1.807, 2.05) is 0 Å². The Labute approximate surface area is 543 Å². The van der Waals surface area contributed by atoms with Crippen molar-refractivity contribution >= 4 is 39.5 Å². The van der Waals surface area contributed by atoms with E-state index in [1.165, 1.54) is 141 Å². The number of carbonyl (C=O) groups excluding carboxylic acids is 4. The molecule has 0 saturated heterocycles. The van der Waals surface area contributed by atoms with Crippen LogP contribution in [-0.4, -0.2) is 96.7 Å². The van der Waals surface area contributed by atoms with Crippen LogP contribution in [0.3, 0.4) is 0 Å². The summed E-state index contributed by atoms with van der Waals surface area (Å²) in [5.74, 6) is 0.845. The summed E-state index contributed by atoms with van der Waals surface area (Å²) in [6.07, 6.45) is 41.8. The van der Waals surface area contributed by atoms with E-state index in [0.29, 0.717) is 25.7 Å². The predicted molar refractivity (Wildman–Crippen MR) is 358 cm³/mol. The van der Waals surface area contributed by atoms with Crippen LogP contribution in [-0.2, 0) is 65.4 Å². The molecule has 3 unspecified atom stereocenters. The van der Waals surface area contributed by atoms with Crippen molar-refractivity contribution in [1.29, 1.82) is 0 Å². The average molecular weight is 1310 g/mol. The Balaban J connectivity index is 5.24. The molecule has 0 aromatic heterocycles. The van der Waals surface area contributed by atoms with Crippen molar-refractivity contribution in [3.63, 3.8) is 0 Å². The van der Waals surface area contributed by atoms with Crippen LogP contribution in [0.2, 0.25) is 0 Å². The lowest BCUT2D eigenvalue weighted by Crippen LogP contribution is -2.30. The monoisotopic (exact) mass is 1310 g/mol. The molecular weight excluding hydrogens is 1170 g/mol. The Kier molecular flexibility index (Phi) is 58.5. The van der Waals surface area contributed by atoms with E-state index >= 15 is 0 Å². The van der Waals surface area contributed by atoms with Gasteiger partial charge < -0.3 is 33.8 Å². The van der Waals surface area contributed by atoms with E-state index in [1.54, 1.807) is 0 Å². The molecule has 0 saturated carbocycles. The van der Waals surface area contributed by atoms with Gasteiger partial charge in [0.25, 0.3) is 0 Å². The molecular formula is C70H136O17P2. The Morgan fingerprint density at radius 1 is 0.315 bits per heavy atom. The molecule has 528 valence electrons. The number of hydrogen-bond donors (Lipinski definition) is 3. The fourth-order valence-electron chi connectivity index (χ4n) is 10.5. The summed E-state index contributed by atoms with van der Waals surface area (Å²) in [5.41, 5.74) is 0. The van der Waals surface area contributed by atoms with Crippen LogP contribution in [0.4, 0.5) is 0 Å². The second-order valence-electron chi connectivity index (χ2n) is 26.9. The summed E-state index contributed by atoms with van der Waals surface area (Å²) >= 11 is 0. The molecule has 0 heterocycles. The standard InChI is InChI=1S/C70H136O17P2/c1-9-63(8)49-41-33-28-29-35-43-51-68(73)81-57-66(87-70(75)53-45-37-27-21-20-24-32-40-48-62(6)7)59-85-89(78,79)83-55-64(71)54-82-88(76,77)84-58-65(86-69(74)52-44-36-26-19-15-17-23-31-39-47-61(4)5)56-80-67(72)50-42-34-25-18-14-12-10-11-13-16-22-30-38-46-60(2)3/h60-66,71H,9-59H2,1-8H3,(H,76,77)(H,78,79)/t63?,64-,65-,66-/m1/s1. The molecule has 0 bridgehead atoms. The van der Waals surface area contributed by atoms with Crippen molar-refractivity contribution < 1.29 is 80.2 Å². The van der Waals surface area contributed by atoms with E-state index in [-0.39, 0.29) is 25.7 Å². The van der Waals surface area contributed by atoms with E-state index in [0.717, 1.165) is 120 Å². The highest BCUT2D eigenvalue weighted by Crippen LogP contribution is 2.45. The first kappa shape index (κ1) is 87.1. The zero-order valence-electron chi connectivity index (χ0n) is 58.1. The zero-order valence-corrected chi connectivity index (χ0v) is 59.8. The lowest BCUT2D eigenvalue weighted by Gasteiger charge is -2.21. The van der Waals surface area contributed by atoms with Gasteiger partial charge in [-0.3, -0.25) is 37.3 Å². The van der Waals surface area contributed by atoms with Crippen LogP contribution in [0.5, 0.6) is 0 Å². The fraction of sp³-hybridized carbons (Fsp3) is 0.943. The molecule has 0 amide bonds. The Bertz CT molecular complexity index is 1770. The lowest BCUT2D eigenvalue weighted by molar-refractivity contribution is -0.161. The average Bonchev–Trinajstić information content (AvgIpc) is 3.65. The highest BCUT2D eigenvalue weighted by molar-refractivity contribution is 7.47. The number of aliphatic hydroxyl groups excluding tert-OH is 1. The van der Waals surface area contributed by atoms with E-state index < -0.39 is 97.5 Å². The van der Waals surface area contributed by atoms with Gasteiger partial charge in [0.05, 0.1) is 26.4 Å². The van der Waals surface area contributed by atoms with Gasteiger partial charge in [-0.25, -0.2) is 9.13 Å². The van der Waals surface area contributed by atoms with Crippen molar-refractivity contribution in [2.45, 2.75) is 363 Å². The van der Waals surface area contributed by atoms with Crippen molar-refractivity contribution in [1.82, 2.24) is 0 Å². The molecule has 3 N–H and O–H groups in total. The maximum absolute atomic E-state index is 13.0. The fourth-order valence-corrected chi connectivity index (χ4v) is 12.0. The van der Waals surface area contributed by atoms with Crippen molar-refractivity contribution in [3.8, 4) is 0 Å². The zero-order chi connectivity index (χ0) is 66.1. The van der Waals surface area contributed by atoms with Crippen LogP contribution in [0, 0.1) is 23.7 Å². The van der Waals surface area contributed by atoms with E-state index in [2.05, 4.69) is 55.4 Å². The molecule has 19 heteroatoms. The number of rotatable bonds is 67. The first-order valence-corrected chi connectivity index (χ1v) is 39.2. The third kappa shape index (κ3) is 63.2. The normalized spacial score (nSPS) is 14.6. The summed E-state index contributed by atoms with van der Waals surface area (Å²) in [4.78, 5) is 72.5. The van der Waals surface area contributed by atoms with Gasteiger partial charge in [0.15, 0.2) is 12.2 Å². The Morgan fingerprint density at radius 3 is 0.798 bits per heavy atom. The summed E-state index contributed by atoms with van der Waals surface area (Å²) < 4.78 is 68.3. The smallest absolute Gasteiger partial charge is 0.462 e. The lowest BCUT2D eigenvalue weighted by atomic mass is 10.00. The molecule has 0 spiro atoms. The van der Waals surface area contributed by atoms with Gasteiger partial charge >= 0.3 is 39.5 Å². The number of phosphoric ester groups is 2. The SMILES string of the molecule is CCC(C)CCCCCCCCC(=O)OC[C@H](COP(=O)(O)OC[C@H](O)COP(=O)(O)OC[C@@H](COC(=O)CCCCCCCCCCCCCCCC(C)C)OC(=O)CCCCCCCCCCCC(C)C)OC(=O)CCCCCCCCCCC(C)C. The van der Waals surface area contributed by atoms with Gasteiger partial charge in [0.2, 0.25) is 0 Å². The number of hydrogen-bond acceptors (Lipinski definition) is 15. The molecule has 0 aromatic carbocycles. The minimum absolute atomic E-state index is 0.103. The Hall–Kier alpha value is -1.94. The topological polar surface area (TPSA) is 237 Å². The van der Waals surface area contributed by atoms with E-state index in [9.17, 15) is 43.2 Å². The molecule has 0 aliphatic heterocycles. The molecule has 0 radical (unpaired) electrons. The van der Waals surface area contributed by atoms with Crippen molar-refractivity contribution in [2.24, 2.45) is 23.7 Å². The largest absolute Gasteiger partial charge is 0.472 e. The minimum atomic E-state index is -4.95. The van der Waals surface area contributed by atoms with Crippen molar-refractivity contribution in [3.05, 3.63) is 0 Å². The number of esters is 4. The third-order valence-electron chi connectivity index (χ3n) is 16.4. The number of phosphoric acid groups is 2. The third-order valence-corrected chi connectivity index (χ3v) is 18.3. The van der Waals surface area contributed by atoms with Gasteiger partial charge in [-0.05, 0) is 49.4 Å². The number of ether oxygens (including phenoxy) is 4. The quantitative estimate of drug-likeness (QED) is 0.0222. The second kappa shape index (κ2) is 59.8. The highest BCUT2D eigenvalue weighted by Gasteiger charge is 2.30. The Morgan fingerprint density at radius 2 is 0.539 bits per heavy atom. The van der Waals surface area contributed by atoms with Crippen LogP contribution in [0.15, 0.2) is 0 Å². The molecule has 89 heavy (non-hydrogen) atoms. The van der Waals surface area contributed by atoms with Crippen LogP contribution < -0.4 is 0 Å². The number of unbranched alkanes of at least 4 members (excludes halogenated alkanes) is 32.